The monoisotopic (exact) mass is 374 g/mol. The Morgan fingerprint density at radius 3 is 1.96 bits per heavy atom. The summed E-state index contributed by atoms with van der Waals surface area (Å²) in [5.74, 6) is 1.03. The topological polar surface area (TPSA) is 43.4 Å². The van der Waals surface area contributed by atoms with Crippen molar-refractivity contribution in [2.45, 2.75) is 104 Å². The van der Waals surface area contributed by atoms with E-state index in [0.717, 1.165) is 32.1 Å². The lowest BCUT2D eigenvalue weighted by Crippen LogP contribution is -2.23. The summed E-state index contributed by atoms with van der Waals surface area (Å²) in [6, 6.07) is 0. The molecule has 0 aliphatic rings. The highest BCUT2D eigenvalue weighted by atomic mass is 32.2. The SMILES string of the molecule is C=CCCCCCCC[C@@H](C)CC(C[C@H](C)CCCC)OS(C)(=O)=O. The Kier molecular flexibility index (Phi) is 14.6. The minimum Gasteiger partial charge on any atom is -0.267 e. The van der Waals surface area contributed by atoms with Gasteiger partial charge in [0.15, 0.2) is 0 Å². The molecule has 4 heteroatoms. The highest BCUT2D eigenvalue weighted by Gasteiger charge is 2.21. The van der Waals surface area contributed by atoms with Gasteiger partial charge < -0.3 is 0 Å². The van der Waals surface area contributed by atoms with Gasteiger partial charge in [0.25, 0.3) is 10.1 Å². The number of allylic oxidation sites excluding steroid dienone is 1. The van der Waals surface area contributed by atoms with E-state index < -0.39 is 10.1 Å². The van der Waals surface area contributed by atoms with Gasteiger partial charge in [-0.3, -0.25) is 4.18 Å². The Morgan fingerprint density at radius 2 is 1.44 bits per heavy atom. The van der Waals surface area contributed by atoms with Gasteiger partial charge in [-0.05, 0) is 37.5 Å². The molecule has 0 radical (unpaired) electrons. The summed E-state index contributed by atoms with van der Waals surface area (Å²) in [6.07, 6.45) is 16.8. The molecule has 0 saturated heterocycles. The summed E-state index contributed by atoms with van der Waals surface area (Å²) in [4.78, 5) is 0. The minimum atomic E-state index is -3.38. The first-order valence-electron chi connectivity index (χ1n) is 10.3. The van der Waals surface area contributed by atoms with Crippen LogP contribution in [0.4, 0.5) is 0 Å². The molecule has 0 rings (SSSR count). The second kappa shape index (κ2) is 14.8. The maximum Gasteiger partial charge on any atom is 0.264 e. The van der Waals surface area contributed by atoms with Gasteiger partial charge in [-0.1, -0.05) is 78.2 Å². The fraction of sp³-hybridized carbons (Fsp3) is 0.905. The summed E-state index contributed by atoms with van der Waals surface area (Å²) >= 11 is 0. The second-order valence-corrected chi connectivity index (χ2v) is 9.48. The van der Waals surface area contributed by atoms with Crippen molar-refractivity contribution in [1.82, 2.24) is 0 Å². The summed E-state index contributed by atoms with van der Waals surface area (Å²) in [5.41, 5.74) is 0. The van der Waals surface area contributed by atoms with Crippen molar-refractivity contribution >= 4 is 10.1 Å². The molecule has 0 fully saturated rings. The van der Waals surface area contributed by atoms with Crippen LogP contribution in [0.15, 0.2) is 12.7 Å². The lowest BCUT2D eigenvalue weighted by atomic mass is 9.90. The van der Waals surface area contributed by atoms with Crippen molar-refractivity contribution in [3.63, 3.8) is 0 Å². The third-order valence-corrected chi connectivity index (χ3v) is 5.42. The minimum absolute atomic E-state index is 0.163. The normalized spacial score (nSPS) is 15.7. The summed E-state index contributed by atoms with van der Waals surface area (Å²) in [5, 5.41) is 0. The Bertz CT molecular complexity index is 417. The van der Waals surface area contributed by atoms with Crippen LogP contribution >= 0.6 is 0 Å². The Balaban J connectivity index is 4.17. The zero-order valence-corrected chi connectivity index (χ0v) is 18.0. The number of hydrogen-bond donors (Lipinski definition) is 0. The number of rotatable bonds is 17. The van der Waals surface area contributed by atoms with Crippen molar-refractivity contribution in [1.29, 1.82) is 0 Å². The highest BCUT2D eigenvalue weighted by Crippen LogP contribution is 2.24. The molecule has 0 heterocycles. The third kappa shape index (κ3) is 16.8. The summed E-state index contributed by atoms with van der Waals surface area (Å²) in [7, 11) is -3.38. The molecule has 0 aromatic heterocycles. The molecule has 25 heavy (non-hydrogen) atoms. The van der Waals surface area contributed by atoms with E-state index >= 15 is 0 Å². The van der Waals surface area contributed by atoms with Crippen LogP contribution in [0.5, 0.6) is 0 Å². The van der Waals surface area contributed by atoms with E-state index in [1.807, 2.05) is 6.08 Å². The fourth-order valence-corrected chi connectivity index (χ4v) is 4.07. The number of unbranched alkanes of at least 4 members (excludes halogenated alkanes) is 6. The maximum atomic E-state index is 11.6. The van der Waals surface area contributed by atoms with Crippen molar-refractivity contribution in [3.8, 4) is 0 Å². The van der Waals surface area contributed by atoms with Gasteiger partial charge in [-0.15, -0.1) is 6.58 Å². The van der Waals surface area contributed by atoms with Gasteiger partial charge in [-0.2, -0.15) is 8.42 Å². The predicted molar refractivity (Wildman–Crippen MR) is 109 cm³/mol. The van der Waals surface area contributed by atoms with Gasteiger partial charge in [-0.25, -0.2) is 0 Å². The van der Waals surface area contributed by atoms with Gasteiger partial charge in [0.05, 0.1) is 12.4 Å². The van der Waals surface area contributed by atoms with Gasteiger partial charge >= 0.3 is 0 Å². The molecule has 150 valence electrons. The zero-order valence-electron chi connectivity index (χ0n) is 17.1. The average molecular weight is 375 g/mol. The second-order valence-electron chi connectivity index (χ2n) is 7.88. The smallest absolute Gasteiger partial charge is 0.264 e. The molecular formula is C21H42O3S. The molecule has 0 saturated carbocycles. The molecule has 3 nitrogen and oxygen atoms in total. The maximum absolute atomic E-state index is 11.6. The zero-order chi connectivity index (χ0) is 19.1. The first-order chi connectivity index (χ1) is 11.8. The molecule has 0 bridgehead atoms. The van der Waals surface area contributed by atoms with E-state index in [4.69, 9.17) is 4.18 Å². The van der Waals surface area contributed by atoms with Crippen molar-refractivity contribution in [3.05, 3.63) is 12.7 Å². The van der Waals surface area contributed by atoms with Crippen LogP contribution in [0.2, 0.25) is 0 Å². The average Bonchev–Trinajstić information content (AvgIpc) is 2.50. The molecule has 0 aromatic rings. The number of hydrogen-bond acceptors (Lipinski definition) is 3. The first kappa shape index (κ1) is 24.7. The van der Waals surface area contributed by atoms with Gasteiger partial charge in [0.2, 0.25) is 0 Å². The molecule has 1 unspecified atom stereocenters. The quantitative estimate of drug-likeness (QED) is 0.166. The fourth-order valence-electron chi connectivity index (χ4n) is 3.42. The van der Waals surface area contributed by atoms with Crippen molar-refractivity contribution in [2.24, 2.45) is 11.8 Å². The summed E-state index contributed by atoms with van der Waals surface area (Å²) in [6.45, 7) is 10.4. The van der Waals surface area contributed by atoms with Gasteiger partial charge in [0, 0.05) is 0 Å². The van der Waals surface area contributed by atoms with Crippen LogP contribution in [0.1, 0.15) is 97.8 Å². The van der Waals surface area contributed by atoms with Crippen LogP contribution in [0.3, 0.4) is 0 Å². The summed E-state index contributed by atoms with van der Waals surface area (Å²) < 4.78 is 28.5. The molecule has 0 N–H and O–H groups in total. The molecule has 0 aliphatic carbocycles. The molecule has 0 aromatic carbocycles. The van der Waals surface area contributed by atoms with Crippen molar-refractivity contribution in [2.75, 3.05) is 6.26 Å². The highest BCUT2D eigenvalue weighted by molar-refractivity contribution is 7.86. The molecule has 0 aliphatic heterocycles. The van der Waals surface area contributed by atoms with E-state index in [9.17, 15) is 8.42 Å². The van der Waals surface area contributed by atoms with E-state index in [0.29, 0.717) is 11.8 Å². The van der Waals surface area contributed by atoms with E-state index in [1.165, 1.54) is 51.2 Å². The third-order valence-electron chi connectivity index (χ3n) is 4.80. The van der Waals surface area contributed by atoms with Crippen LogP contribution in [0.25, 0.3) is 0 Å². The standard InChI is InChI=1S/C21H42O3S/c1-6-8-10-11-12-13-14-16-20(4)18-21(24-25(5,22)23)17-19(3)15-9-7-2/h6,19-21H,1,7-18H2,2-5H3/t19-,20-,21?/m1/s1. The molecule has 3 atom stereocenters. The van der Waals surface area contributed by atoms with Crippen LogP contribution in [-0.2, 0) is 14.3 Å². The molecule has 0 spiro atoms. The van der Waals surface area contributed by atoms with Crippen LogP contribution in [0, 0.1) is 11.8 Å². The van der Waals surface area contributed by atoms with E-state index in [1.54, 1.807) is 0 Å². The predicted octanol–water partition coefficient (Wildman–Crippen LogP) is 6.49. The van der Waals surface area contributed by atoms with Gasteiger partial charge in [0.1, 0.15) is 0 Å². The van der Waals surface area contributed by atoms with E-state index in [-0.39, 0.29) is 6.10 Å². The van der Waals surface area contributed by atoms with Crippen molar-refractivity contribution < 1.29 is 12.6 Å². The molecular weight excluding hydrogens is 332 g/mol. The largest absolute Gasteiger partial charge is 0.267 e. The lowest BCUT2D eigenvalue weighted by Gasteiger charge is -2.23. The first-order valence-corrected chi connectivity index (χ1v) is 12.1. The Morgan fingerprint density at radius 1 is 0.920 bits per heavy atom. The van der Waals surface area contributed by atoms with Crippen LogP contribution < -0.4 is 0 Å². The van der Waals surface area contributed by atoms with Crippen LogP contribution in [-0.4, -0.2) is 20.8 Å². The molecule has 0 amide bonds. The van der Waals surface area contributed by atoms with E-state index in [2.05, 4.69) is 27.4 Å². The Hall–Kier alpha value is -0.350. The Labute approximate surface area is 157 Å². The lowest BCUT2D eigenvalue weighted by molar-refractivity contribution is 0.146.